The van der Waals surface area contributed by atoms with E-state index in [0.29, 0.717) is 13.1 Å². The number of carbonyl (C=O) groups excluding carboxylic acids is 2. The highest BCUT2D eigenvalue weighted by atomic mass is 16.4. The molecule has 0 spiro atoms. The molecular formula is C13H16N2O5. The molecule has 1 aromatic rings. The quantitative estimate of drug-likeness (QED) is 0.782. The van der Waals surface area contributed by atoms with Crippen LogP contribution in [0.3, 0.4) is 0 Å². The average molecular weight is 280 g/mol. The van der Waals surface area contributed by atoms with E-state index in [4.69, 9.17) is 9.52 Å². The van der Waals surface area contributed by atoms with Crippen LogP contribution in [0.5, 0.6) is 0 Å². The van der Waals surface area contributed by atoms with Crippen LogP contribution in [-0.2, 0) is 9.59 Å². The van der Waals surface area contributed by atoms with Crippen LogP contribution >= 0.6 is 0 Å². The molecule has 1 fully saturated rings. The molecule has 7 nitrogen and oxygen atoms in total. The lowest BCUT2D eigenvalue weighted by atomic mass is 9.96. The molecule has 0 bridgehead atoms. The summed E-state index contributed by atoms with van der Waals surface area (Å²) in [5.41, 5.74) is 0. The van der Waals surface area contributed by atoms with E-state index >= 15 is 0 Å². The molecule has 0 radical (unpaired) electrons. The number of nitrogens with zero attached hydrogens (tertiary/aromatic N) is 1. The highest BCUT2D eigenvalue weighted by Crippen LogP contribution is 2.19. The fourth-order valence-electron chi connectivity index (χ4n) is 2.09. The number of amides is 2. The van der Waals surface area contributed by atoms with Gasteiger partial charge in [-0.25, -0.2) is 0 Å². The second kappa shape index (κ2) is 6.23. The normalized spacial score (nSPS) is 14.7. The number of carbonyl (C=O) groups is 3. The van der Waals surface area contributed by atoms with Gasteiger partial charge in [0.25, 0.3) is 5.91 Å². The molecule has 1 aliphatic heterocycles. The highest BCUT2D eigenvalue weighted by molar-refractivity contribution is 5.91. The number of hydrogen-bond acceptors (Lipinski definition) is 4. The third kappa shape index (κ3) is 3.59. The van der Waals surface area contributed by atoms with Crippen LogP contribution < -0.4 is 5.32 Å². The van der Waals surface area contributed by atoms with Gasteiger partial charge in [0.2, 0.25) is 5.91 Å². The summed E-state index contributed by atoms with van der Waals surface area (Å²) in [5.74, 6) is -1.01. The molecule has 1 aliphatic rings. The lowest BCUT2D eigenvalue weighted by Gasteiger charge is -2.38. The summed E-state index contributed by atoms with van der Waals surface area (Å²) in [6, 6.07) is 3.16. The number of likely N-dealkylation sites (tertiary alicyclic amines) is 1. The van der Waals surface area contributed by atoms with Crippen LogP contribution in [0, 0.1) is 5.92 Å². The molecule has 2 rings (SSSR count). The summed E-state index contributed by atoms with van der Waals surface area (Å²) in [5, 5.41) is 11.2. The second-order valence-electron chi connectivity index (χ2n) is 4.75. The Morgan fingerprint density at radius 1 is 1.40 bits per heavy atom. The minimum atomic E-state index is -0.840. The first-order valence-corrected chi connectivity index (χ1v) is 6.37. The van der Waals surface area contributed by atoms with Crippen LogP contribution in [0.25, 0.3) is 0 Å². The number of rotatable bonds is 6. The fraction of sp³-hybridized carbons (Fsp3) is 0.462. The number of furan rings is 1. The topological polar surface area (TPSA) is 99.9 Å². The summed E-state index contributed by atoms with van der Waals surface area (Å²) < 4.78 is 4.92. The minimum absolute atomic E-state index is 0.0501. The Kier molecular flexibility index (Phi) is 4.39. The first kappa shape index (κ1) is 14.1. The standard InChI is InChI=1S/C13H16N2O5/c16-11(15-7-9(8-15)6-12(17)18)3-4-14-13(19)10-2-1-5-20-10/h1-2,5,9H,3-4,6-8H2,(H,14,19)(H,17,18). The zero-order valence-corrected chi connectivity index (χ0v) is 10.9. The number of aliphatic carboxylic acids is 1. The van der Waals surface area contributed by atoms with Crippen molar-refractivity contribution in [1.29, 1.82) is 0 Å². The first-order valence-electron chi connectivity index (χ1n) is 6.37. The van der Waals surface area contributed by atoms with Crippen molar-refractivity contribution in [2.45, 2.75) is 12.8 Å². The average Bonchev–Trinajstić information content (AvgIpc) is 2.86. The summed E-state index contributed by atoms with van der Waals surface area (Å²) in [7, 11) is 0. The molecule has 0 aromatic carbocycles. The maximum absolute atomic E-state index is 11.7. The molecule has 1 aromatic heterocycles. The molecule has 0 saturated carbocycles. The zero-order valence-electron chi connectivity index (χ0n) is 10.9. The summed E-state index contributed by atoms with van der Waals surface area (Å²) in [6.07, 6.45) is 1.70. The van der Waals surface area contributed by atoms with Gasteiger partial charge in [0.05, 0.1) is 12.7 Å². The Labute approximate surface area is 115 Å². The Balaban J connectivity index is 1.62. The van der Waals surface area contributed by atoms with E-state index in [1.165, 1.54) is 6.26 Å². The maximum Gasteiger partial charge on any atom is 0.303 e. The van der Waals surface area contributed by atoms with Crippen molar-refractivity contribution < 1.29 is 23.9 Å². The van der Waals surface area contributed by atoms with Gasteiger partial charge in [-0.2, -0.15) is 0 Å². The van der Waals surface area contributed by atoms with Gasteiger partial charge in [0.1, 0.15) is 0 Å². The molecule has 2 N–H and O–H groups in total. The van der Waals surface area contributed by atoms with E-state index in [2.05, 4.69) is 5.32 Å². The SMILES string of the molecule is O=C(O)CC1CN(C(=O)CCNC(=O)c2ccco2)C1. The highest BCUT2D eigenvalue weighted by Gasteiger charge is 2.31. The molecular weight excluding hydrogens is 264 g/mol. The van der Waals surface area contributed by atoms with Gasteiger partial charge < -0.3 is 19.7 Å². The van der Waals surface area contributed by atoms with Crippen molar-refractivity contribution in [1.82, 2.24) is 10.2 Å². The van der Waals surface area contributed by atoms with Crippen molar-refractivity contribution in [2.24, 2.45) is 5.92 Å². The zero-order chi connectivity index (χ0) is 14.5. The van der Waals surface area contributed by atoms with E-state index < -0.39 is 5.97 Å². The number of hydrogen-bond donors (Lipinski definition) is 2. The van der Waals surface area contributed by atoms with Crippen molar-refractivity contribution in [2.75, 3.05) is 19.6 Å². The predicted molar refractivity (Wildman–Crippen MR) is 68.0 cm³/mol. The molecule has 0 unspecified atom stereocenters. The minimum Gasteiger partial charge on any atom is -0.481 e. The third-order valence-electron chi connectivity index (χ3n) is 3.14. The van der Waals surface area contributed by atoms with E-state index in [1.807, 2.05) is 0 Å². The first-order chi connectivity index (χ1) is 9.56. The van der Waals surface area contributed by atoms with Gasteiger partial charge in [-0.3, -0.25) is 14.4 Å². The van der Waals surface area contributed by atoms with Crippen LogP contribution in [-0.4, -0.2) is 47.4 Å². The van der Waals surface area contributed by atoms with E-state index in [1.54, 1.807) is 17.0 Å². The molecule has 0 atom stereocenters. The van der Waals surface area contributed by atoms with Crippen molar-refractivity contribution >= 4 is 17.8 Å². The molecule has 1 saturated heterocycles. The maximum atomic E-state index is 11.7. The van der Waals surface area contributed by atoms with E-state index in [-0.39, 0.29) is 42.9 Å². The molecule has 20 heavy (non-hydrogen) atoms. The number of carboxylic acid groups (broad SMARTS) is 1. The van der Waals surface area contributed by atoms with E-state index in [9.17, 15) is 14.4 Å². The summed E-state index contributed by atoms with van der Waals surface area (Å²) in [6.45, 7) is 1.20. The van der Waals surface area contributed by atoms with Crippen molar-refractivity contribution in [3.63, 3.8) is 0 Å². The summed E-state index contributed by atoms with van der Waals surface area (Å²) in [4.78, 5) is 35.3. The predicted octanol–water partition coefficient (Wildman–Crippen LogP) is 0.333. The van der Waals surface area contributed by atoms with Crippen molar-refractivity contribution in [3.05, 3.63) is 24.2 Å². The monoisotopic (exact) mass is 280 g/mol. The van der Waals surface area contributed by atoms with Gasteiger partial charge in [-0.15, -0.1) is 0 Å². The van der Waals surface area contributed by atoms with Gasteiger partial charge >= 0.3 is 5.97 Å². The lowest BCUT2D eigenvalue weighted by Crippen LogP contribution is -2.51. The van der Waals surface area contributed by atoms with Gasteiger partial charge in [0.15, 0.2) is 5.76 Å². The third-order valence-corrected chi connectivity index (χ3v) is 3.14. The van der Waals surface area contributed by atoms with Crippen LogP contribution in [0.15, 0.2) is 22.8 Å². The Morgan fingerprint density at radius 3 is 2.75 bits per heavy atom. The van der Waals surface area contributed by atoms with Crippen LogP contribution in [0.4, 0.5) is 0 Å². The Bertz CT molecular complexity index is 491. The molecule has 2 heterocycles. The second-order valence-corrected chi connectivity index (χ2v) is 4.75. The molecule has 0 aliphatic carbocycles. The largest absolute Gasteiger partial charge is 0.481 e. The lowest BCUT2D eigenvalue weighted by molar-refractivity contribution is -0.145. The smallest absolute Gasteiger partial charge is 0.303 e. The van der Waals surface area contributed by atoms with Crippen LogP contribution in [0.1, 0.15) is 23.4 Å². The number of nitrogens with one attached hydrogen (secondary N) is 1. The van der Waals surface area contributed by atoms with Crippen LogP contribution in [0.2, 0.25) is 0 Å². The fourth-order valence-corrected chi connectivity index (χ4v) is 2.09. The number of carboxylic acids is 1. The Hall–Kier alpha value is -2.31. The Morgan fingerprint density at radius 2 is 2.15 bits per heavy atom. The van der Waals surface area contributed by atoms with Gasteiger partial charge in [-0.1, -0.05) is 0 Å². The molecule has 7 heteroatoms. The van der Waals surface area contributed by atoms with Crippen molar-refractivity contribution in [3.8, 4) is 0 Å². The molecule has 2 amide bonds. The molecule has 108 valence electrons. The van der Waals surface area contributed by atoms with E-state index in [0.717, 1.165) is 0 Å². The summed E-state index contributed by atoms with van der Waals surface area (Å²) >= 11 is 0. The van der Waals surface area contributed by atoms with Gasteiger partial charge in [0, 0.05) is 32.0 Å². The van der Waals surface area contributed by atoms with Gasteiger partial charge in [-0.05, 0) is 12.1 Å².